The fourth-order valence-corrected chi connectivity index (χ4v) is 4.42. The van der Waals surface area contributed by atoms with Gasteiger partial charge in [-0.25, -0.2) is 9.37 Å². The number of nitrogens with one attached hydrogen (secondary N) is 2. The Morgan fingerprint density at radius 2 is 1.96 bits per heavy atom. The maximum absolute atomic E-state index is 14.5. The van der Waals surface area contributed by atoms with Crippen LogP contribution in [-0.2, 0) is 10.2 Å². The van der Waals surface area contributed by atoms with Gasteiger partial charge in [0.15, 0.2) is 0 Å². The molecule has 0 spiro atoms. The number of anilines is 1. The molecule has 4 rings (SSSR count). The average Bonchev–Trinajstić information content (AvgIpc) is 3.28. The van der Waals surface area contributed by atoms with Gasteiger partial charge in [-0.05, 0) is 48.2 Å². The molecule has 3 heterocycles. The lowest BCUT2D eigenvalue weighted by atomic mass is 10.0. The number of aromatic nitrogens is 2. The second-order valence-corrected chi connectivity index (χ2v) is 7.68. The molecule has 1 aromatic carbocycles. The van der Waals surface area contributed by atoms with E-state index in [4.69, 9.17) is 0 Å². The van der Waals surface area contributed by atoms with Crippen LogP contribution in [0.4, 0.5) is 10.1 Å². The zero-order valence-electron chi connectivity index (χ0n) is 13.4. The molecule has 3 aromatic rings. The number of rotatable bonds is 4. The molecule has 25 heavy (non-hydrogen) atoms. The summed E-state index contributed by atoms with van der Waals surface area (Å²) in [5.74, 6) is -0.610. The lowest BCUT2D eigenvalue weighted by molar-refractivity contribution is 0.482. The minimum absolute atomic E-state index is 0.0463. The van der Waals surface area contributed by atoms with Crippen LogP contribution in [0.25, 0.3) is 22.2 Å². The highest BCUT2D eigenvalue weighted by molar-refractivity contribution is 7.90. The maximum Gasteiger partial charge on any atom is 0.301 e. The van der Waals surface area contributed by atoms with Crippen LogP contribution < -0.4 is 4.72 Å². The first-order valence-electron chi connectivity index (χ1n) is 8.04. The van der Waals surface area contributed by atoms with Gasteiger partial charge in [-0.1, -0.05) is 6.07 Å². The Morgan fingerprint density at radius 3 is 2.72 bits per heavy atom. The molecule has 1 aliphatic heterocycles. The first kappa shape index (κ1) is 16.0. The molecule has 130 valence electrons. The van der Waals surface area contributed by atoms with Crippen molar-refractivity contribution in [3.8, 4) is 11.1 Å². The van der Waals surface area contributed by atoms with E-state index in [1.807, 2.05) is 6.07 Å². The third-order valence-corrected chi connectivity index (χ3v) is 5.91. The van der Waals surface area contributed by atoms with Crippen LogP contribution in [0.15, 0.2) is 42.7 Å². The standard InChI is InChI=1S/C17H17FN4O2S/c18-15-11-12(13-5-7-19-17-14(13)6-8-20-17)3-4-16(15)21-25(23,24)22-9-1-2-10-22/h3-8,11,21H,1-2,9-10H2,(H,19,20). The Balaban J connectivity index is 1.66. The highest BCUT2D eigenvalue weighted by atomic mass is 32.2. The van der Waals surface area contributed by atoms with Crippen molar-refractivity contribution in [1.29, 1.82) is 0 Å². The Labute approximate surface area is 144 Å². The highest BCUT2D eigenvalue weighted by Crippen LogP contribution is 2.30. The summed E-state index contributed by atoms with van der Waals surface area (Å²) in [4.78, 5) is 7.23. The van der Waals surface area contributed by atoms with Crippen molar-refractivity contribution >= 4 is 26.9 Å². The number of hydrogen-bond acceptors (Lipinski definition) is 3. The van der Waals surface area contributed by atoms with Crippen molar-refractivity contribution in [3.63, 3.8) is 0 Å². The molecule has 0 bridgehead atoms. The molecule has 0 radical (unpaired) electrons. The van der Waals surface area contributed by atoms with Crippen molar-refractivity contribution < 1.29 is 12.8 Å². The van der Waals surface area contributed by atoms with Crippen molar-refractivity contribution in [2.75, 3.05) is 17.8 Å². The average molecular weight is 360 g/mol. The summed E-state index contributed by atoms with van der Waals surface area (Å²) < 4.78 is 42.8. The zero-order chi connectivity index (χ0) is 17.4. The van der Waals surface area contributed by atoms with Crippen LogP contribution in [0, 0.1) is 5.82 Å². The van der Waals surface area contributed by atoms with Crippen molar-refractivity contribution in [2.24, 2.45) is 0 Å². The number of halogens is 1. The van der Waals surface area contributed by atoms with Crippen LogP contribution in [0.1, 0.15) is 12.8 Å². The van der Waals surface area contributed by atoms with Crippen LogP contribution in [-0.4, -0.2) is 35.8 Å². The lowest BCUT2D eigenvalue weighted by Crippen LogP contribution is -2.33. The first-order chi connectivity index (χ1) is 12.0. The van der Waals surface area contributed by atoms with Crippen LogP contribution in [0.3, 0.4) is 0 Å². The van der Waals surface area contributed by atoms with Gasteiger partial charge in [0.05, 0.1) is 5.69 Å². The Kier molecular flexibility index (Phi) is 3.93. The molecule has 0 unspecified atom stereocenters. The molecule has 0 amide bonds. The van der Waals surface area contributed by atoms with E-state index < -0.39 is 16.0 Å². The summed E-state index contributed by atoms with van der Waals surface area (Å²) in [5, 5.41) is 0.882. The second-order valence-electron chi connectivity index (χ2n) is 6.01. The molecule has 1 saturated heterocycles. The van der Waals surface area contributed by atoms with Crippen molar-refractivity contribution in [3.05, 3.63) is 48.5 Å². The van der Waals surface area contributed by atoms with Crippen molar-refractivity contribution in [2.45, 2.75) is 12.8 Å². The smallest absolute Gasteiger partial charge is 0.301 e. The molecule has 1 aliphatic rings. The van der Waals surface area contributed by atoms with E-state index in [0.29, 0.717) is 18.7 Å². The first-order valence-corrected chi connectivity index (χ1v) is 9.48. The second kappa shape index (κ2) is 6.12. The van der Waals surface area contributed by atoms with Gasteiger partial charge in [0.2, 0.25) is 0 Å². The van der Waals surface area contributed by atoms with E-state index in [-0.39, 0.29) is 5.69 Å². The van der Waals surface area contributed by atoms with E-state index in [1.54, 1.807) is 24.5 Å². The van der Waals surface area contributed by atoms with Gasteiger partial charge in [0.25, 0.3) is 0 Å². The minimum atomic E-state index is -3.71. The monoisotopic (exact) mass is 360 g/mol. The van der Waals surface area contributed by atoms with Gasteiger partial charge in [-0.15, -0.1) is 0 Å². The zero-order valence-corrected chi connectivity index (χ0v) is 14.2. The van der Waals surface area contributed by atoms with Gasteiger partial charge in [0, 0.05) is 30.9 Å². The largest absolute Gasteiger partial charge is 0.346 e. The third-order valence-electron chi connectivity index (χ3n) is 4.38. The molecule has 6 nitrogen and oxygen atoms in total. The Hall–Kier alpha value is -2.45. The van der Waals surface area contributed by atoms with E-state index in [2.05, 4.69) is 14.7 Å². The molecule has 0 saturated carbocycles. The normalized spacial score (nSPS) is 15.7. The van der Waals surface area contributed by atoms with Crippen LogP contribution >= 0.6 is 0 Å². The number of H-pyrrole nitrogens is 1. The topological polar surface area (TPSA) is 78.1 Å². The fraction of sp³-hybridized carbons (Fsp3) is 0.235. The summed E-state index contributed by atoms with van der Waals surface area (Å²) in [5.41, 5.74) is 2.17. The Bertz CT molecular complexity index is 1030. The summed E-state index contributed by atoms with van der Waals surface area (Å²) in [7, 11) is -3.71. The maximum atomic E-state index is 14.5. The van der Waals surface area contributed by atoms with Gasteiger partial charge in [0.1, 0.15) is 11.5 Å². The molecule has 2 aromatic heterocycles. The predicted molar refractivity (Wildman–Crippen MR) is 94.8 cm³/mol. The third kappa shape index (κ3) is 2.98. The van der Waals surface area contributed by atoms with E-state index in [9.17, 15) is 12.8 Å². The molecule has 8 heteroatoms. The molecular formula is C17H17FN4O2S. The number of benzene rings is 1. The summed E-state index contributed by atoms with van der Waals surface area (Å²) >= 11 is 0. The number of fused-ring (bicyclic) bond motifs is 1. The highest BCUT2D eigenvalue weighted by Gasteiger charge is 2.26. The van der Waals surface area contributed by atoms with Crippen LogP contribution in [0.5, 0.6) is 0 Å². The molecule has 0 atom stereocenters. The summed E-state index contributed by atoms with van der Waals surface area (Å²) in [6.45, 7) is 0.940. The van der Waals surface area contributed by atoms with Crippen LogP contribution in [0.2, 0.25) is 0 Å². The van der Waals surface area contributed by atoms with E-state index >= 15 is 0 Å². The molecule has 2 N–H and O–H groups in total. The van der Waals surface area contributed by atoms with Gasteiger partial charge >= 0.3 is 10.2 Å². The number of nitrogens with zero attached hydrogens (tertiary/aromatic N) is 2. The number of pyridine rings is 1. The predicted octanol–water partition coefficient (Wildman–Crippen LogP) is 3.12. The summed E-state index contributed by atoms with van der Waals surface area (Å²) in [6, 6.07) is 8.17. The number of aromatic amines is 1. The van der Waals surface area contributed by atoms with Gasteiger partial charge in [-0.3, -0.25) is 4.72 Å². The molecular weight excluding hydrogens is 343 g/mol. The molecule has 0 aliphatic carbocycles. The summed E-state index contributed by atoms with van der Waals surface area (Å²) in [6.07, 6.45) is 5.08. The Morgan fingerprint density at radius 1 is 1.16 bits per heavy atom. The fourth-order valence-electron chi connectivity index (χ4n) is 3.11. The molecule has 1 fully saturated rings. The quantitative estimate of drug-likeness (QED) is 0.750. The minimum Gasteiger partial charge on any atom is -0.346 e. The van der Waals surface area contributed by atoms with Gasteiger partial charge in [-0.2, -0.15) is 12.7 Å². The SMILES string of the molecule is O=S(=O)(Nc1ccc(-c2ccnc3[nH]ccc23)cc1F)N1CCCC1. The van der Waals surface area contributed by atoms with E-state index in [1.165, 1.54) is 16.4 Å². The van der Waals surface area contributed by atoms with Gasteiger partial charge < -0.3 is 4.98 Å². The van der Waals surface area contributed by atoms with E-state index in [0.717, 1.165) is 29.4 Å². The number of hydrogen-bond donors (Lipinski definition) is 2. The lowest BCUT2D eigenvalue weighted by Gasteiger charge is -2.17. The van der Waals surface area contributed by atoms with Crippen molar-refractivity contribution in [1.82, 2.24) is 14.3 Å².